The molecule has 0 bridgehead atoms. The molecule has 3 unspecified atom stereocenters. The Balaban J connectivity index is 3.77. The number of esters is 1. The van der Waals surface area contributed by atoms with Gasteiger partial charge in [-0.25, -0.2) is 9.36 Å². The van der Waals surface area contributed by atoms with E-state index in [0.29, 0.717) is 12.8 Å². The summed E-state index contributed by atoms with van der Waals surface area (Å²) in [7, 11) is -4.75. The van der Waals surface area contributed by atoms with Crippen molar-refractivity contribution >= 4 is 25.7 Å². The van der Waals surface area contributed by atoms with E-state index in [-0.39, 0.29) is 12.8 Å². The molecule has 0 spiro atoms. The number of carboxylic acid groups (broad SMARTS) is 1. The van der Waals surface area contributed by atoms with Crippen LogP contribution in [0.15, 0.2) is 0 Å². The highest BCUT2D eigenvalue weighted by Crippen LogP contribution is 2.43. The Morgan fingerprint density at radius 1 is 0.452 bits per heavy atom. The molecule has 3 atom stereocenters. The number of amides is 1. The first kappa shape index (κ1) is 60.5. The van der Waals surface area contributed by atoms with Gasteiger partial charge in [0.25, 0.3) is 0 Å². The van der Waals surface area contributed by atoms with Gasteiger partial charge in [-0.1, -0.05) is 245 Å². The van der Waals surface area contributed by atoms with Crippen molar-refractivity contribution in [3.8, 4) is 0 Å². The second-order valence-electron chi connectivity index (χ2n) is 18.1. The molecule has 11 nitrogen and oxygen atoms in total. The van der Waals surface area contributed by atoms with E-state index < -0.39 is 57.6 Å². The third-order valence-corrected chi connectivity index (χ3v) is 12.8. The van der Waals surface area contributed by atoms with E-state index in [1.165, 1.54) is 193 Å². The summed E-state index contributed by atoms with van der Waals surface area (Å²) < 4.78 is 27.0. The largest absolute Gasteiger partial charge is 0.480 e. The van der Waals surface area contributed by atoms with Crippen LogP contribution in [0, 0.1) is 0 Å². The van der Waals surface area contributed by atoms with Crippen LogP contribution in [0.2, 0.25) is 0 Å². The lowest BCUT2D eigenvalue weighted by Crippen LogP contribution is -2.43. The molecule has 0 aliphatic carbocycles. The van der Waals surface area contributed by atoms with Crippen LogP contribution in [0.4, 0.5) is 0 Å². The Hall–Kier alpha value is -1.52. The van der Waals surface area contributed by atoms with Crippen LogP contribution >= 0.6 is 7.82 Å². The molecule has 0 aliphatic rings. The molecule has 0 rings (SSSR count). The number of carbonyl (C=O) groups excluding carboxylic acids is 2. The fourth-order valence-electron chi connectivity index (χ4n) is 7.85. The highest BCUT2D eigenvalue weighted by Gasteiger charge is 2.28. The highest BCUT2D eigenvalue weighted by atomic mass is 31.2. The van der Waals surface area contributed by atoms with Gasteiger partial charge in [0, 0.05) is 12.8 Å². The van der Waals surface area contributed by atoms with Gasteiger partial charge in [-0.05, 0) is 12.8 Å². The number of ether oxygens (including phenoxy) is 1. The summed E-state index contributed by atoms with van der Waals surface area (Å²) in [5.74, 6) is -2.35. The van der Waals surface area contributed by atoms with E-state index in [2.05, 4.69) is 19.2 Å². The Kier molecular flexibility index (Phi) is 44.9. The number of hydrogen-bond donors (Lipinski definition) is 4. The van der Waals surface area contributed by atoms with Crippen LogP contribution in [0.5, 0.6) is 0 Å². The summed E-state index contributed by atoms with van der Waals surface area (Å²) in [5, 5.41) is 21.9. The Morgan fingerprint density at radius 3 is 1.06 bits per heavy atom. The van der Waals surface area contributed by atoms with Crippen LogP contribution in [0.25, 0.3) is 0 Å². The van der Waals surface area contributed by atoms with E-state index in [4.69, 9.17) is 13.8 Å². The molecular formula is C50H98NO10P. The zero-order chi connectivity index (χ0) is 45.6. The molecular weight excluding hydrogens is 806 g/mol. The molecule has 0 aromatic rings. The molecule has 0 saturated carbocycles. The van der Waals surface area contributed by atoms with Crippen molar-refractivity contribution in [1.29, 1.82) is 0 Å². The van der Waals surface area contributed by atoms with E-state index >= 15 is 0 Å². The fourth-order valence-corrected chi connectivity index (χ4v) is 8.62. The van der Waals surface area contributed by atoms with Crippen LogP contribution < -0.4 is 5.32 Å². The summed E-state index contributed by atoms with van der Waals surface area (Å²) in [4.78, 5) is 46.1. The van der Waals surface area contributed by atoms with Crippen LogP contribution in [-0.2, 0) is 32.7 Å². The fraction of sp³-hybridized carbons (Fsp3) is 0.940. The minimum absolute atomic E-state index is 0.153. The number of phosphoric ester groups is 1. The van der Waals surface area contributed by atoms with Crippen molar-refractivity contribution in [3.05, 3.63) is 0 Å². The maximum atomic E-state index is 12.4. The number of unbranched alkanes of at least 4 members (excludes halogenated alkanes) is 36. The number of carbonyl (C=O) groups is 3. The molecule has 62 heavy (non-hydrogen) atoms. The zero-order valence-corrected chi connectivity index (χ0v) is 41.1. The summed E-state index contributed by atoms with van der Waals surface area (Å²) in [5.41, 5.74) is 0. The first-order valence-electron chi connectivity index (χ1n) is 26.1. The first-order chi connectivity index (χ1) is 30.1. The number of carboxylic acids is 1. The molecule has 0 aliphatic heterocycles. The maximum absolute atomic E-state index is 12.4. The van der Waals surface area contributed by atoms with Crippen LogP contribution in [0.1, 0.15) is 271 Å². The average molecular weight is 904 g/mol. The summed E-state index contributed by atoms with van der Waals surface area (Å²) in [6.07, 6.45) is 46.9. The van der Waals surface area contributed by atoms with E-state index in [1.807, 2.05) is 0 Å². The van der Waals surface area contributed by atoms with Gasteiger partial charge in [0.1, 0.15) is 12.7 Å². The van der Waals surface area contributed by atoms with Gasteiger partial charge < -0.3 is 25.2 Å². The quantitative estimate of drug-likeness (QED) is 0.0262. The standard InChI is InChI=1S/C50H98NO10P/c1-3-5-7-9-11-13-15-17-19-21-23-25-27-29-31-33-35-37-39-41-48(53)51-47(50(55)56)45-61-62(57,58)60-44-46(52)43-59-49(54)42-40-38-36-34-32-30-28-26-24-22-20-18-16-14-12-10-8-6-4-2/h46-47,52H,3-45H2,1-2H3,(H,51,53)(H,55,56)(H,57,58). The summed E-state index contributed by atoms with van der Waals surface area (Å²) >= 11 is 0. The molecule has 368 valence electrons. The number of hydrogen-bond acceptors (Lipinski definition) is 8. The average Bonchev–Trinajstić information content (AvgIpc) is 3.25. The SMILES string of the molecule is CCCCCCCCCCCCCCCCCCCCCC(=O)NC(COP(=O)(O)OCC(O)COC(=O)CCCCCCCCCCCCCCCCCCCCC)C(=O)O. The van der Waals surface area contributed by atoms with Crippen molar-refractivity contribution < 1.29 is 47.8 Å². The zero-order valence-electron chi connectivity index (χ0n) is 40.2. The molecule has 0 fully saturated rings. The van der Waals surface area contributed by atoms with Crippen molar-refractivity contribution in [3.63, 3.8) is 0 Å². The Morgan fingerprint density at radius 2 is 0.742 bits per heavy atom. The van der Waals surface area contributed by atoms with Crippen LogP contribution in [0.3, 0.4) is 0 Å². The normalized spacial score (nSPS) is 13.5. The third kappa shape index (κ3) is 45.1. The van der Waals surface area contributed by atoms with Crippen molar-refractivity contribution in [2.45, 2.75) is 283 Å². The lowest BCUT2D eigenvalue weighted by molar-refractivity contribution is -0.147. The van der Waals surface area contributed by atoms with Gasteiger partial charge in [-0.15, -0.1) is 0 Å². The highest BCUT2D eigenvalue weighted by molar-refractivity contribution is 7.47. The molecule has 4 N–H and O–H groups in total. The summed E-state index contributed by atoms with van der Waals surface area (Å²) in [6.45, 7) is 2.66. The van der Waals surface area contributed by atoms with Gasteiger partial charge in [-0.3, -0.25) is 18.6 Å². The smallest absolute Gasteiger partial charge is 0.472 e. The van der Waals surface area contributed by atoms with Gasteiger partial charge in [0.15, 0.2) is 6.04 Å². The molecule has 0 saturated heterocycles. The molecule has 12 heteroatoms. The van der Waals surface area contributed by atoms with Gasteiger partial charge in [0.05, 0.1) is 13.2 Å². The third-order valence-electron chi connectivity index (χ3n) is 11.9. The van der Waals surface area contributed by atoms with Crippen molar-refractivity contribution in [1.82, 2.24) is 5.32 Å². The second kappa shape index (κ2) is 46.0. The number of aliphatic hydroxyl groups is 1. The van der Waals surface area contributed by atoms with E-state index in [9.17, 15) is 34.1 Å². The molecule has 0 aromatic heterocycles. The lowest BCUT2D eigenvalue weighted by Gasteiger charge is -2.18. The Bertz CT molecular complexity index is 1060. The molecule has 1 amide bonds. The minimum Gasteiger partial charge on any atom is -0.480 e. The number of nitrogens with one attached hydrogen (secondary N) is 1. The lowest BCUT2D eigenvalue weighted by atomic mass is 10.0. The van der Waals surface area contributed by atoms with Gasteiger partial charge in [-0.2, -0.15) is 0 Å². The van der Waals surface area contributed by atoms with E-state index in [0.717, 1.165) is 38.5 Å². The molecule has 0 aromatic carbocycles. The Labute approximate surface area is 380 Å². The molecule has 0 radical (unpaired) electrons. The van der Waals surface area contributed by atoms with Gasteiger partial charge >= 0.3 is 19.8 Å². The number of aliphatic hydroxyl groups excluding tert-OH is 1. The second-order valence-corrected chi connectivity index (χ2v) is 19.5. The monoisotopic (exact) mass is 904 g/mol. The number of phosphoric acid groups is 1. The van der Waals surface area contributed by atoms with E-state index in [1.54, 1.807) is 0 Å². The molecule has 0 heterocycles. The van der Waals surface area contributed by atoms with Gasteiger partial charge in [0.2, 0.25) is 5.91 Å². The van der Waals surface area contributed by atoms with Crippen molar-refractivity contribution in [2.24, 2.45) is 0 Å². The topological polar surface area (TPSA) is 169 Å². The van der Waals surface area contributed by atoms with Crippen molar-refractivity contribution in [2.75, 3.05) is 19.8 Å². The maximum Gasteiger partial charge on any atom is 0.472 e. The minimum atomic E-state index is -4.75. The first-order valence-corrected chi connectivity index (χ1v) is 27.6. The van der Waals surface area contributed by atoms with Crippen LogP contribution in [-0.4, -0.2) is 64.9 Å². The predicted octanol–water partition coefficient (Wildman–Crippen LogP) is 14.2. The number of rotatable bonds is 50. The number of aliphatic carboxylic acids is 1. The summed E-state index contributed by atoms with van der Waals surface area (Å²) in [6, 6.07) is -1.54. The predicted molar refractivity (Wildman–Crippen MR) is 254 cm³/mol.